The van der Waals surface area contributed by atoms with Crippen molar-refractivity contribution in [3.05, 3.63) is 64.3 Å². The first-order chi connectivity index (χ1) is 12.3. The third-order valence-electron chi connectivity index (χ3n) is 3.25. The zero-order valence-corrected chi connectivity index (χ0v) is 19.7. The number of carboxylic acids is 1. The highest BCUT2D eigenvalue weighted by Crippen LogP contribution is 2.33. The van der Waals surface area contributed by atoms with Crippen molar-refractivity contribution in [3.8, 4) is 5.75 Å². The van der Waals surface area contributed by atoms with Crippen LogP contribution in [-0.2, 0) is 4.74 Å². The van der Waals surface area contributed by atoms with E-state index in [1.807, 2.05) is 51.2 Å². The van der Waals surface area contributed by atoms with E-state index in [1.54, 1.807) is 30.3 Å². The lowest BCUT2D eigenvalue weighted by molar-refractivity contribution is -0.255. The Bertz CT molecular complexity index is 864. The Morgan fingerprint density at radius 3 is 2.50 bits per heavy atom. The topological polar surface area (TPSA) is 75.7 Å². The van der Waals surface area contributed by atoms with Crippen LogP contribution >= 0.6 is 67.8 Å². The van der Waals surface area contributed by atoms with Gasteiger partial charge in [0.15, 0.2) is 0 Å². The first-order valence-corrected chi connectivity index (χ1v) is 10.5. The first kappa shape index (κ1) is 21.4. The molecule has 2 rings (SSSR count). The summed E-state index contributed by atoms with van der Waals surface area (Å²) in [6.45, 7) is 3.80. The summed E-state index contributed by atoms with van der Waals surface area (Å²) in [6, 6.07) is 8.64. The zero-order valence-electron chi connectivity index (χ0n) is 13.3. The van der Waals surface area contributed by atoms with Crippen molar-refractivity contribution in [1.29, 1.82) is 0 Å². The van der Waals surface area contributed by atoms with E-state index in [2.05, 4.69) is 29.2 Å². The molecule has 0 unspecified atom stereocenters. The van der Waals surface area contributed by atoms with Gasteiger partial charge in [-0.2, -0.15) is 0 Å². The largest absolute Gasteiger partial charge is 0.545 e. The second-order valence-corrected chi connectivity index (χ2v) is 8.36. The highest BCUT2D eigenvalue weighted by Gasteiger charge is 2.16. The molecule has 26 heavy (non-hydrogen) atoms. The van der Waals surface area contributed by atoms with E-state index < -0.39 is 11.9 Å². The minimum absolute atomic E-state index is 0.0377. The number of carbonyl (C=O) groups is 2. The molecule has 0 amide bonds. The molecule has 0 aliphatic carbocycles. The molecule has 0 radical (unpaired) electrons. The molecule has 2 aromatic carbocycles. The van der Waals surface area contributed by atoms with Gasteiger partial charge in [0.2, 0.25) is 0 Å². The molecule has 0 heterocycles. The Labute approximate surface area is 191 Å². The zero-order chi connectivity index (χ0) is 19.3. The summed E-state index contributed by atoms with van der Waals surface area (Å²) < 4.78 is 12.7. The van der Waals surface area contributed by atoms with Crippen LogP contribution in [0.15, 0.2) is 36.9 Å². The van der Waals surface area contributed by atoms with Crippen molar-refractivity contribution in [2.24, 2.45) is 0 Å². The van der Waals surface area contributed by atoms with Gasteiger partial charge in [0.05, 0.1) is 18.7 Å². The number of ether oxygens (including phenoxy) is 2. The van der Waals surface area contributed by atoms with Gasteiger partial charge >= 0.3 is 5.97 Å². The molecular formula is C18H12I3O5-. The van der Waals surface area contributed by atoms with E-state index in [0.717, 1.165) is 9.13 Å². The van der Waals surface area contributed by atoms with Crippen molar-refractivity contribution in [3.63, 3.8) is 0 Å². The smallest absolute Gasteiger partial charge is 0.338 e. The Morgan fingerprint density at radius 2 is 1.85 bits per heavy atom. The number of esters is 1. The van der Waals surface area contributed by atoms with Crippen LogP contribution in [-0.4, -0.2) is 25.2 Å². The van der Waals surface area contributed by atoms with Crippen LogP contribution in [0, 0.1) is 10.7 Å². The highest BCUT2D eigenvalue weighted by molar-refractivity contribution is 14.1. The summed E-state index contributed by atoms with van der Waals surface area (Å²) in [5, 5.41) is 11.3. The lowest BCUT2D eigenvalue weighted by Crippen LogP contribution is -2.25. The van der Waals surface area contributed by atoms with Gasteiger partial charge in [-0.25, -0.2) is 4.79 Å². The van der Waals surface area contributed by atoms with Gasteiger partial charge in [0.25, 0.3) is 0 Å². The number of benzene rings is 2. The molecule has 0 aliphatic rings. The number of carboxylic acid groups (broad SMARTS) is 1. The quantitative estimate of drug-likeness (QED) is 0.252. The third-order valence-corrected chi connectivity index (χ3v) is 5.93. The molecule has 136 valence electrons. The van der Waals surface area contributed by atoms with Crippen LogP contribution in [0.1, 0.15) is 26.3 Å². The average Bonchev–Trinajstić information content (AvgIpc) is 2.60. The third kappa shape index (κ3) is 5.31. The van der Waals surface area contributed by atoms with Crippen molar-refractivity contribution < 1.29 is 24.2 Å². The monoisotopic (exact) mass is 689 g/mol. The summed E-state index contributed by atoms with van der Waals surface area (Å²) in [7, 11) is 0. The lowest BCUT2D eigenvalue weighted by atomic mass is 10.1. The summed E-state index contributed by atoms with van der Waals surface area (Å²) in [5.74, 6) is -1.27. The molecule has 0 N–H and O–H groups in total. The normalized spacial score (nSPS) is 10.3. The predicted octanol–water partition coefficient (Wildman–Crippen LogP) is 3.74. The van der Waals surface area contributed by atoms with Gasteiger partial charge in [-0.15, -0.1) is 0 Å². The van der Waals surface area contributed by atoms with Crippen LogP contribution in [0.3, 0.4) is 0 Å². The number of rotatable bonds is 7. The maximum atomic E-state index is 12.0. The Kier molecular flexibility index (Phi) is 8.13. The molecule has 0 saturated heterocycles. The Hall–Kier alpha value is -0.890. The summed E-state index contributed by atoms with van der Waals surface area (Å²) in [4.78, 5) is 23.3. The van der Waals surface area contributed by atoms with Crippen molar-refractivity contribution >= 4 is 85.8 Å². The predicted molar refractivity (Wildman–Crippen MR) is 121 cm³/mol. The molecule has 2 aromatic rings. The van der Waals surface area contributed by atoms with Crippen LogP contribution in [0.5, 0.6) is 5.75 Å². The molecule has 0 saturated carbocycles. The molecule has 0 atom stereocenters. The Morgan fingerprint density at radius 1 is 1.12 bits per heavy atom. The second kappa shape index (κ2) is 9.88. The van der Waals surface area contributed by atoms with Crippen LogP contribution in [0.2, 0.25) is 0 Å². The molecular weight excluding hydrogens is 677 g/mol. The summed E-state index contributed by atoms with van der Waals surface area (Å²) >= 11 is 5.93. The van der Waals surface area contributed by atoms with Crippen molar-refractivity contribution in [2.75, 3.05) is 13.2 Å². The molecule has 0 bridgehead atoms. The number of carbonyl (C=O) groups excluding carboxylic acids is 2. The average molecular weight is 689 g/mol. The second-order valence-electron chi connectivity index (χ2n) is 4.96. The maximum Gasteiger partial charge on any atom is 0.338 e. The standard InChI is InChI=1S/C18H13I3O5/c1-2-10-4-3-5-11(8-10)18(24)26-7-6-25-16-13(20)9-12(19)14(15(16)21)17(22)23/h2-5,8-9H,1,6-7H2,(H,22,23)/p-1. The van der Waals surface area contributed by atoms with Gasteiger partial charge < -0.3 is 19.4 Å². The van der Waals surface area contributed by atoms with E-state index in [0.29, 0.717) is 18.5 Å². The number of hydrogen-bond donors (Lipinski definition) is 0. The molecule has 0 fully saturated rings. The minimum atomic E-state index is -1.26. The van der Waals surface area contributed by atoms with Crippen LogP contribution < -0.4 is 9.84 Å². The molecule has 0 aliphatic heterocycles. The summed E-state index contributed by atoms with van der Waals surface area (Å²) in [6.07, 6.45) is 1.65. The number of aromatic carboxylic acids is 1. The van der Waals surface area contributed by atoms with Gasteiger partial charge in [0.1, 0.15) is 19.0 Å². The van der Waals surface area contributed by atoms with E-state index in [4.69, 9.17) is 9.47 Å². The fraction of sp³-hybridized carbons (Fsp3) is 0.111. The van der Waals surface area contributed by atoms with Crippen LogP contribution in [0.4, 0.5) is 0 Å². The molecule has 5 nitrogen and oxygen atoms in total. The first-order valence-electron chi connectivity index (χ1n) is 7.26. The fourth-order valence-corrected chi connectivity index (χ4v) is 6.17. The van der Waals surface area contributed by atoms with Crippen molar-refractivity contribution in [2.45, 2.75) is 0 Å². The van der Waals surface area contributed by atoms with Gasteiger partial charge in [-0.3, -0.25) is 0 Å². The van der Waals surface area contributed by atoms with E-state index in [9.17, 15) is 14.7 Å². The Balaban J connectivity index is 2.00. The maximum absolute atomic E-state index is 12.0. The van der Waals surface area contributed by atoms with Crippen molar-refractivity contribution in [1.82, 2.24) is 0 Å². The van der Waals surface area contributed by atoms with Gasteiger partial charge in [-0.1, -0.05) is 24.8 Å². The summed E-state index contributed by atoms with van der Waals surface area (Å²) in [5.41, 5.74) is 1.36. The fourth-order valence-electron chi connectivity index (χ4n) is 2.05. The SMILES string of the molecule is C=Cc1cccc(C(=O)OCCOc2c(I)cc(I)c(C(=O)[O-])c2I)c1. The lowest BCUT2D eigenvalue weighted by Gasteiger charge is -2.16. The van der Waals surface area contributed by atoms with E-state index >= 15 is 0 Å². The van der Waals surface area contributed by atoms with E-state index in [-0.39, 0.29) is 18.8 Å². The van der Waals surface area contributed by atoms with Gasteiger partial charge in [0, 0.05) is 9.13 Å². The minimum Gasteiger partial charge on any atom is -0.545 e. The highest BCUT2D eigenvalue weighted by atomic mass is 127. The molecule has 8 heteroatoms. The number of halogens is 3. The van der Waals surface area contributed by atoms with E-state index in [1.165, 1.54) is 0 Å². The number of hydrogen-bond acceptors (Lipinski definition) is 5. The van der Waals surface area contributed by atoms with Crippen LogP contribution in [0.25, 0.3) is 6.08 Å². The van der Waals surface area contributed by atoms with Gasteiger partial charge in [-0.05, 0) is 91.5 Å². The molecule has 0 aromatic heterocycles. The molecule has 0 spiro atoms.